The van der Waals surface area contributed by atoms with E-state index in [9.17, 15) is 9.59 Å². The standard InChI is InChI=1S/C20H12N4O2P2S2/c25-9-27-19-21-8-12(22-19)2-3-13-6-17-18(29-13)7-16(30-17)11-1-4-14-15(5-11)24-20(23-14)28-10-26/h1,4-10,27-28H,(H,21,22)(H,23,24). The van der Waals surface area contributed by atoms with E-state index in [0.717, 1.165) is 33.5 Å². The number of imidazole rings is 2. The highest BCUT2D eigenvalue weighted by atomic mass is 32.1. The maximum Gasteiger partial charge on any atom is 0.146 e. The normalized spacial score (nSPS) is 11.7. The third-order valence-corrected chi connectivity index (χ3v) is 7.79. The number of hydrogen-bond donors (Lipinski definition) is 2. The molecule has 4 aromatic heterocycles. The van der Waals surface area contributed by atoms with E-state index in [0.29, 0.717) is 16.8 Å². The van der Waals surface area contributed by atoms with Crippen molar-refractivity contribution in [3.05, 3.63) is 47.1 Å². The van der Waals surface area contributed by atoms with Crippen molar-refractivity contribution in [1.82, 2.24) is 19.9 Å². The minimum Gasteiger partial charge on any atom is -0.338 e. The first-order valence-electron chi connectivity index (χ1n) is 8.73. The van der Waals surface area contributed by atoms with E-state index in [-0.39, 0.29) is 17.2 Å². The molecule has 0 spiro atoms. The molecule has 1 aromatic carbocycles. The predicted octanol–water partition coefficient (Wildman–Crippen LogP) is 3.62. The van der Waals surface area contributed by atoms with Crippen LogP contribution in [0.3, 0.4) is 0 Å². The summed E-state index contributed by atoms with van der Waals surface area (Å²) in [5.74, 6) is 6.24. The van der Waals surface area contributed by atoms with Gasteiger partial charge in [0.05, 0.1) is 22.1 Å². The van der Waals surface area contributed by atoms with Crippen molar-refractivity contribution in [2.24, 2.45) is 0 Å². The quantitative estimate of drug-likeness (QED) is 0.235. The van der Waals surface area contributed by atoms with Crippen molar-refractivity contribution in [2.45, 2.75) is 0 Å². The number of rotatable bonds is 5. The minimum atomic E-state index is 0.0233. The number of fused-ring (bicyclic) bond motifs is 2. The van der Waals surface area contributed by atoms with Gasteiger partial charge in [-0.2, -0.15) is 0 Å². The van der Waals surface area contributed by atoms with Gasteiger partial charge in [-0.3, -0.25) is 9.59 Å². The molecule has 146 valence electrons. The van der Waals surface area contributed by atoms with Crippen molar-refractivity contribution < 1.29 is 9.59 Å². The highest BCUT2D eigenvalue weighted by molar-refractivity contribution is 7.62. The zero-order valence-corrected chi connectivity index (χ0v) is 18.8. The molecular formula is C20H12N4O2P2S2. The topological polar surface area (TPSA) is 91.5 Å². The lowest BCUT2D eigenvalue weighted by molar-refractivity contribution is 0.569. The molecule has 10 heteroatoms. The van der Waals surface area contributed by atoms with Crippen LogP contribution in [0.5, 0.6) is 0 Å². The fraction of sp³-hybridized carbons (Fsp3) is 0. The molecule has 4 heterocycles. The predicted molar refractivity (Wildman–Crippen MR) is 129 cm³/mol. The van der Waals surface area contributed by atoms with E-state index in [1.54, 1.807) is 28.9 Å². The third kappa shape index (κ3) is 3.86. The Morgan fingerprint density at radius 1 is 0.933 bits per heavy atom. The number of carbonyl (C=O) groups is 2. The number of aromatic nitrogens is 4. The average molecular weight is 466 g/mol. The van der Waals surface area contributed by atoms with Crippen molar-refractivity contribution in [2.75, 3.05) is 0 Å². The second-order valence-corrected chi connectivity index (χ2v) is 10.4. The summed E-state index contributed by atoms with van der Waals surface area (Å²) in [7, 11) is 0.0657. The highest BCUT2D eigenvalue weighted by Crippen LogP contribution is 2.38. The van der Waals surface area contributed by atoms with Gasteiger partial charge >= 0.3 is 0 Å². The van der Waals surface area contributed by atoms with Gasteiger partial charge < -0.3 is 9.97 Å². The third-order valence-electron chi connectivity index (χ3n) is 4.26. The summed E-state index contributed by atoms with van der Waals surface area (Å²) in [6.07, 6.45) is 1.65. The van der Waals surface area contributed by atoms with Crippen LogP contribution in [-0.4, -0.2) is 32.0 Å². The monoisotopic (exact) mass is 466 g/mol. The average Bonchev–Trinajstić information content (AvgIpc) is 3.48. The molecule has 0 amide bonds. The molecule has 0 saturated heterocycles. The summed E-state index contributed by atoms with van der Waals surface area (Å²) in [6.45, 7) is 0. The summed E-state index contributed by atoms with van der Waals surface area (Å²) in [4.78, 5) is 38.3. The van der Waals surface area contributed by atoms with Crippen LogP contribution in [0.4, 0.5) is 0 Å². The SMILES string of the molecule is O=CPc1ncc(C#Cc2cc3sc(-c4ccc5nc(PC=O)[nH]c5c4)cc3s2)[nH]1. The lowest BCUT2D eigenvalue weighted by Gasteiger charge is -1.96. The molecule has 6 nitrogen and oxygen atoms in total. The Balaban J connectivity index is 1.40. The molecule has 0 aliphatic heterocycles. The Hall–Kier alpha value is -2.68. The fourth-order valence-electron chi connectivity index (χ4n) is 2.97. The first-order valence-corrected chi connectivity index (χ1v) is 12.5. The maximum atomic E-state index is 10.7. The van der Waals surface area contributed by atoms with Crippen LogP contribution in [0, 0.1) is 11.8 Å². The van der Waals surface area contributed by atoms with Gasteiger partial charge in [-0.05, 0) is 41.7 Å². The molecular weight excluding hydrogens is 454 g/mol. The Labute approximate surface area is 182 Å². The summed E-state index contributed by atoms with van der Waals surface area (Å²) in [5.41, 5.74) is 5.00. The van der Waals surface area contributed by atoms with Crippen molar-refractivity contribution in [1.29, 1.82) is 0 Å². The van der Waals surface area contributed by atoms with E-state index < -0.39 is 0 Å². The summed E-state index contributed by atoms with van der Waals surface area (Å²) >= 11 is 3.38. The maximum absolute atomic E-state index is 10.7. The Morgan fingerprint density at radius 2 is 1.77 bits per heavy atom. The molecule has 2 unspecified atom stereocenters. The van der Waals surface area contributed by atoms with Gasteiger partial charge in [0.2, 0.25) is 0 Å². The zero-order valence-electron chi connectivity index (χ0n) is 15.1. The number of nitrogens with one attached hydrogen (secondary N) is 2. The molecule has 0 bridgehead atoms. The van der Waals surface area contributed by atoms with Gasteiger partial charge in [0.15, 0.2) is 0 Å². The molecule has 0 aliphatic carbocycles. The molecule has 30 heavy (non-hydrogen) atoms. The van der Waals surface area contributed by atoms with E-state index in [2.05, 4.69) is 56.0 Å². The van der Waals surface area contributed by atoms with Crippen LogP contribution in [0.1, 0.15) is 10.6 Å². The number of aromatic amines is 2. The lowest BCUT2D eigenvalue weighted by Crippen LogP contribution is -1.97. The molecule has 0 saturated carbocycles. The number of carbonyl (C=O) groups excluding carboxylic acids is 2. The summed E-state index contributed by atoms with van der Waals surface area (Å²) in [5, 5.41) is 0. The first kappa shape index (κ1) is 19.3. The van der Waals surface area contributed by atoms with Gasteiger partial charge in [0.25, 0.3) is 0 Å². The number of benzene rings is 1. The van der Waals surface area contributed by atoms with Crippen LogP contribution in [0.2, 0.25) is 0 Å². The fourth-order valence-corrected chi connectivity index (χ4v) is 6.18. The molecule has 2 N–H and O–H groups in total. The zero-order chi connectivity index (χ0) is 20.5. The van der Waals surface area contributed by atoms with Gasteiger partial charge in [-0.1, -0.05) is 6.07 Å². The summed E-state index contributed by atoms with van der Waals surface area (Å²) in [6, 6.07) is 12.1. The molecule has 2 atom stereocenters. The molecule has 0 fully saturated rings. The van der Waals surface area contributed by atoms with Gasteiger partial charge in [-0.25, -0.2) is 9.97 Å². The smallest absolute Gasteiger partial charge is 0.146 e. The first-order chi connectivity index (χ1) is 14.7. The minimum absolute atomic E-state index is 0.0233. The van der Waals surface area contributed by atoms with E-state index >= 15 is 0 Å². The number of H-pyrrole nitrogens is 2. The Bertz CT molecular complexity index is 1440. The molecule has 0 aliphatic rings. The van der Waals surface area contributed by atoms with Crippen molar-refractivity contribution in [3.63, 3.8) is 0 Å². The number of thiophene rings is 2. The lowest BCUT2D eigenvalue weighted by atomic mass is 10.1. The van der Waals surface area contributed by atoms with E-state index in [1.165, 1.54) is 14.3 Å². The van der Waals surface area contributed by atoms with Gasteiger partial charge in [-0.15, -0.1) is 22.7 Å². The summed E-state index contributed by atoms with van der Waals surface area (Å²) < 4.78 is 2.39. The van der Waals surface area contributed by atoms with E-state index in [4.69, 9.17) is 0 Å². The van der Waals surface area contributed by atoms with Crippen LogP contribution in [0.25, 0.3) is 30.9 Å². The van der Waals surface area contributed by atoms with Crippen LogP contribution in [0.15, 0.2) is 36.5 Å². The number of hydrogen-bond acceptors (Lipinski definition) is 6. The molecule has 0 radical (unpaired) electrons. The highest BCUT2D eigenvalue weighted by Gasteiger charge is 2.10. The number of nitrogens with zero attached hydrogens (tertiary/aromatic N) is 2. The van der Waals surface area contributed by atoms with Crippen LogP contribution in [-0.2, 0) is 9.59 Å². The van der Waals surface area contributed by atoms with Crippen LogP contribution < -0.4 is 11.1 Å². The van der Waals surface area contributed by atoms with Gasteiger partial charge in [0.1, 0.15) is 28.9 Å². The molecule has 5 aromatic rings. The Kier molecular flexibility index (Phi) is 5.28. The van der Waals surface area contributed by atoms with Crippen LogP contribution >= 0.6 is 39.8 Å². The largest absolute Gasteiger partial charge is 0.338 e. The van der Waals surface area contributed by atoms with Gasteiger partial charge in [0, 0.05) is 31.4 Å². The van der Waals surface area contributed by atoms with Crippen molar-refractivity contribution >= 4 is 83.5 Å². The van der Waals surface area contributed by atoms with Crippen molar-refractivity contribution in [3.8, 4) is 22.3 Å². The Morgan fingerprint density at radius 3 is 2.60 bits per heavy atom. The second kappa shape index (κ2) is 8.22. The second-order valence-electron chi connectivity index (χ2n) is 6.19. The molecule has 5 rings (SSSR count). The van der Waals surface area contributed by atoms with E-state index in [1.807, 2.05) is 6.07 Å².